The molecule has 0 aromatic carbocycles. The molecule has 1 aliphatic heterocycles. The number of ether oxygens (including phenoxy) is 2. The minimum atomic E-state index is -0.592. The molecule has 19 heavy (non-hydrogen) atoms. The number of fused-ring (bicyclic) bond motifs is 1. The highest BCUT2D eigenvalue weighted by Gasteiger charge is 2.18. The minimum absolute atomic E-state index is 0.153. The molecule has 2 heterocycles. The summed E-state index contributed by atoms with van der Waals surface area (Å²) in [6.07, 6.45) is 1.55. The fourth-order valence-electron chi connectivity index (χ4n) is 1.86. The van der Waals surface area contributed by atoms with Gasteiger partial charge in [0.15, 0.2) is 11.5 Å². The number of rotatable bonds is 7. The van der Waals surface area contributed by atoms with Crippen LogP contribution >= 0.6 is 23.1 Å². The third kappa shape index (κ3) is 4.87. The zero-order valence-corrected chi connectivity index (χ0v) is 12.4. The molecular weight excluding hydrogens is 284 g/mol. The van der Waals surface area contributed by atoms with Gasteiger partial charge >= 0.3 is 0 Å². The van der Waals surface area contributed by atoms with Gasteiger partial charge in [-0.3, -0.25) is 0 Å². The first-order valence-corrected chi connectivity index (χ1v) is 8.57. The van der Waals surface area contributed by atoms with Crippen LogP contribution in [0.3, 0.4) is 0 Å². The number of thiophene rings is 1. The highest BCUT2D eigenvalue weighted by molar-refractivity contribution is 7.99. The van der Waals surface area contributed by atoms with Gasteiger partial charge in [0.25, 0.3) is 0 Å². The number of hydrogen-bond acceptors (Lipinski definition) is 6. The van der Waals surface area contributed by atoms with Gasteiger partial charge in [-0.05, 0) is 18.6 Å². The molecule has 0 radical (unpaired) electrons. The summed E-state index contributed by atoms with van der Waals surface area (Å²) in [5.74, 6) is 3.77. The summed E-state index contributed by atoms with van der Waals surface area (Å²) in [4.78, 5) is 0. The van der Waals surface area contributed by atoms with Crippen molar-refractivity contribution in [1.29, 1.82) is 0 Å². The first kappa shape index (κ1) is 15.0. The summed E-state index contributed by atoms with van der Waals surface area (Å²) in [5.41, 5.74) is 0. The van der Waals surface area contributed by atoms with Crippen LogP contribution in [-0.4, -0.2) is 47.6 Å². The Balaban J connectivity index is 1.59. The molecule has 1 aliphatic rings. The Morgan fingerprint density at radius 2 is 2.00 bits per heavy atom. The molecule has 0 fully saturated rings. The van der Waals surface area contributed by atoms with E-state index in [1.54, 1.807) is 23.1 Å². The van der Waals surface area contributed by atoms with Gasteiger partial charge in [-0.2, -0.15) is 11.8 Å². The quantitative estimate of drug-likeness (QED) is 0.755. The summed E-state index contributed by atoms with van der Waals surface area (Å²) in [6, 6.07) is 0. The smallest absolute Gasteiger partial charge is 0.171 e. The van der Waals surface area contributed by atoms with Crippen molar-refractivity contribution in [2.45, 2.75) is 18.9 Å². The van der Waals surface area contributed by atoms with Crippen molar-refractivity contribution < 1.29 is 19.7 Å². The molecule has 0 saturated carbocycles. The average Bonchev–Trinajstić information content (AvgIpc) is 2.79. The molecule has 6 heteroatoms. The third-order valence-electron chi connectivity index (χ3n) is 2.96. The second kappa shape index (κ2) is 7.99. The lowest BCUT2D eigenvalue weighted by atomic mass is 10.1. The van der Waals surface area contributed by atoms with Gasteiger partial charge in [0.2, 0.25) is 0 Å². The maximum Gasteiger partial charge on any atom is 0.171 e. The van der Waals surface area contributed by atoms with Crippen molar-refractivity contribution in [2.24, 2.45) is 5.92 Å². The summed E-state index contributed by atoms with van der Waals surface area (Å²) in [5, 5.41) is 21.9. The molecule has 0 amide bonds. The summed E-state index contributed by atoms with van der Waals surface area (Å²) in [7, 11) is 0. The van der Waals surface area contributed by atoms with Crippen molar-refractivity contribution >= 4 is 23.1 Å². The van der Waals surface area contributed by atoms with Crippen LogP contribution in [0, 0.1) is 5.92 Å². The van der Waals surface area contributed by atoms with E-state index < -0.39 is 6.10 Å². The molecule has 0 bridgehead atoms. The Bertz CT molecular complexity index is 347. The first-order chi connectivity index (χ1) is 9.29. The predicted molar refractivity (Wildman–Crippen MR) is 78.5 cm³/mol. The average molecular weight is 304 g/mol. The molecule has 0 saturated heterocycles. The number of hydrogen-bond donors (Lipinski definition) is 2. The van der Waals surface area contributed by atoms with Crippen molar-refractivity contribution in [3.05, 3.63) is 10.8 Å². The van der Waals surface area contributed by atoms with Gasteiger partial charge in [0, 0.05) is 22.4 Å². The summed E-state index contributed by atoms with van der Waals surface area (Å²) >= 11 is 3.28. The minimum Gasteiger partial charge on any atom is -0.488 e. The fraction of sp³-hybridized carbons (Fsp3) is 0.692. The number of aliphatic hydroxyl groups is 2. The highest BCUT2D eigenvalue weighted by Crippen LogP contribution is 2.34. The van der Waals surface area contributed by atoms with Crippen LogP contribution in [0.1, 0.15) is 12.8 Å². The Morgan fingerprint density at radius 3 is 2.63 bits per heavy atom. The van der Waals surface area contributed by atoms with Gasteiger partial charge in [0.1, 0.15) is 0 Å². The summed E-state index contributed by atoms with van der Waals surface area (Å²) < 4.78 is 11.4. The van der Waals surface area contributed by atoms with Crippen LogP contribution in [0.5, 0.6) is 11.5 Å². The van der Waals surface area contributed by atoms with Crippen LogP contribution in [0.15, 0.2) is 10.8 Å². The molecule has 1 aromatic heterocycles. The molecule has 108 valence electrons. The Labute approximate surface area is 121 Å². The monoisotopic (exact) mass is 304 g/mol. The summed E-state index contributed by atoms with van der Waals surface area (Å²) in [6.45, 7) is 1.28. The van der Waals surface area contributed by atoms with Gasteiger partial charge < -0.3 is 19.7 Å². The van der Waals surface area contributed by atoms with Crippen LogP contribution < -0.4 is 9.47 Å². The second-order valence-corrected chi connectivity index (χ2v) is 6.54. The number of thioether (sulfide) groups is 1. The zero-order valence-electron chi connectivity index (χ0n) is 10.8. The van der Waals surface area contributed by atoms with E-state index in [1.165, 1.54) is 0 Å². The molecule has 2 rings (SSSR count). The predicted octanol–water partition coefficient (Wildman–Crippen LogP) is 2.00. The molecule has 2 N–H and O–H groups in total. The van der Waals surface area contributed by atoms with Crippen molar-refractivity contribution in [3.63, 3.8) is 0 Å². The largest absolute Gasteiger partial charge is 0.488 e. The molecule has 0 aliphatic carbocycles. The topological polar surface area (TPSA) is 58.9 Å². The molecule has 0 spiro atoms. The Morgan fingerprint density at radius 1 is 1.32 bits per heavy atom. The van der Waals surface area contributed by atoms with Crippen molar-refractivity contribution in [3.8, 4) is 11.5 Å². The molecule has 1 atom stereocenters. The zero-order chi connectivity index (χ0) is 13.5. The van der Waals surface area contributed by atoms with E-state index in [4.69, 9.17) is 14.6 Å². The van der Waals surface area contributed by atoms with E-state index in [9.17, 15) is 5.11 Å². The van der Waals surface area contributed by atoms with E-state index in [-0.39, 0.29) is 6.61 Å². The van der Waals surface area contributed by atoms with Gasteiger partial charge in [-0.25, -0.2) is 0 Å². The second-order valence-electron chi connectivity index (χ2n) is 4.64. The van der Waals surface area contributed by atoms with Crippen LogP contribution in [-0.2, 0) is 0 Å². The normalized spacial score (nSPS) is 17.2. The Hall–Kier alpha value is -0.430. The lowest BCUT2D eigenvalue weighted by Gasteiger charge is -2.13. The van der Waals surface area contributed by atoms with E-state index in [0.29, 0.717) is 24.9 Å². The molecule has 1 unspecified atom stereocenters. The molecule has 4 nitrogen and oxygen atoms in total. The molecular formula is C13H20O4S2. The first-order valence-electron chi connectivity index (χ1n) is 6.48. The Kier molecular flexibility index (Phi) is 6.30. The van der Waals surface area contributed by atoms with E-state index >= 15 is 0 Å². The number of aliphatic hydroxyl groups excluding tert-OH is 2. The van der Waals surface area contributed by atoms with Crippen LogP contribution in [0.4, 0.5) is 0 Å². The standard InChI is InChI=1S/C13H20O4S2/c14-4-11(15)7-18-3-1-2-10-5-16-12-8-19-9-13(12)17-6-10/h8-11,14-15H,1-7H2. The van der Waals surface area contributed by atoms with Crippen LogP contribution in [0.25, 0.3) is 0 Å². The molecule has 1 aromatic rings. The van der Waals surface area contributed by atoms with Gasteiger partial charge in [-0.1, -0.05) is 0 Å². The maximum atomic E-state index is 9.21. The van der Waals surface area contributed by atoms with E-state index in [2.05, 4.69) is 0 Å². The van der Waals surface area contributed by atoms with Gasteiger partial charge in [0.05, 0.1) is 25.9 Å². The lowest BCUT2D eigenvalue weighted by molar-refractivity contribution is 0.113. The van der Waals surface area contributed by atoms with Crippen LogP contribution in [0.2, 0.25) is 0 Å². The highest BCUT2D eigenvalue weighted by atomic mass is 32.2. The van der Waals surface area contributed by atoms with Crippen molar-refractivity contribution in [2.75, 3.05) is 31.3 Å². The van der Waals surface area contributed by atoms with E-state index in [0.717, 1.165) is 30.1 Å². The maximum absolute atomic E-state index is 9.21. The SMILES string of the molecule is OCC(O)CSCCCC1COc2cscc2OC1. The van der Waals surface area contributed by atoms with Crippen molar-refractivity contribution in [1.82, 2.24) is 0 Å². The van der Waals surface area contributed by atoms with Gasteiger partial charge in [-0.15, -0.1) is 11.3 Å². The fourth-order valence-corrected chi connectivity index (χ4v) is 3.46. The lowest BCUT2D eigenvalue weighted by Crippen LogP contribution is -2.17. The third-order valence-corrected chi connectivity index (χ3v) is 4.86. The van der Waals surface area contributed by atoms with E-state index in [1.807, 2.05) is 10.8 Å².